The molecule has 27 heavy (non-hydrogen) atoms. The fourth-order valence-corrected chi connectivity index (χ4v) is 2.56. The molecule has 0 spiro atoms. The summed E-state index contributed by atoms with van der Waals surface area (Å²) in [6.07, 6.45) is 1.18. The standard InChI is InChI=1S/C18H17Cl3N2O4/c1-3-26-15-7-14(20)17(21)12(18(15)25)8-22-23-16(24)9-27-11-4-5-13(19)10(2)6-11/h4-8,25H,3,9H2,1-2H3,(H,23,24)/b22-8-. The molecular weight excluding hydrogens is 415 g/mol. The lowest BCUT2D eigenvalue weighted by atomic mass is 10.2. The van der Waals surface area contributed by atoms with Crippen LogP contribution in [0.1, 0.15) is 18.1 Å². The van der Waals surface area contributed by atoms with Gasteiger partial charge in [0.2, 0.25) is 0 Å². The lowest BCUT2D eigenvalue weighted by molar-refractivity contribution is -0.123. The molecule has 0 aliphatic rings. The van der Waals surface area contributed by atoms with Crippen LogP contribution in [-0.4, -0.2) is 30.4 Å². The van der Waals surface area contributed by atoms with E-state index in [4.69, 9.17) is 44.3 Å². The van der Waals surface area contributed by atoms with Crippen molar-refractivity contribution in [2.45, 2.75) is 13.8 Å². The lowest BCUT2D eigenvalue weighted by Crippen LogP contribution is -2.24. The van der Waals surface area contributed by atoms with E-state index in [1.165, 1.54) is 12.3 Å². The van der Waals surface area contributed by atoms with E-state index in [0.717, 1.165) is 5.56 Å². The highest BCUT2D eigenvalue weighted by Gasteiger charge is 2.15. The van der Waals surface area contributed by atoms with Crippen LogP contribution in [0.5, 0.6) is 17.2 Å². The molecule has 9 heteroatoms. The molecule has 0 unspecified atom stereocenters. The summed E-state index contributed by atoms with van der Waals surface area (Å²) >= 11 is 18.0. The normalized spacial score (nSPS) is 10.9. The van der Waals surface area contributed by atoms with Crippen molar-refractivity contribution in [3.63, 3.8) is 0 Å². The Morgan fingerprint density at radius 3 is 2.63 bits per heavy atom. The Bertz CT molecular complexity index is 872. The number of amides is 1. The Hall–Kier alpha value is -2.15. The minimum Gasteiger partial charge on any atom is -0.504 e. The van der Waals surface area contributed by atoms with Gasteiger partial charge >= 0.3 is 0 Å². The largest absolute Gasteiger partial charge is 0.504 e. The van der Waals surface area contributed by atoms with Crippen LogP contribution in [0.3, 0.4) is 0 Å². The molecule has 2 N–H and O–H groups in total. The molecule has 2 aromatic carbocycles. The minimum atomic E-state index is -0.499. The van der Waals surface area contributed by atoms with Gasteiger partial charge in [0.05, 0.1) is 28.4 Å². The van der Waals surface area contributed by atoms with E-state index in [-0.39, 0.29) is 33.7 Å². The van der Waals surface area contributed by atoms with E-state index in [0.29, 0.717) is 17.4 Å². The van der Waals surface area contributed by atoms with Gasteiger partial charge in [0, 0.05) is 11.1 Å². The highest BCUT2D eigenvalue weighted by Crippen LogP contribution is 2.39. The average molecular weight is 432 g/mol. The van der Waals surface area contributed by atoms with Crippen LogP contribution in [-0.2, 0) is 4.79 Å². The number of phenolic OH excluding ortho intramolecular Hbond substituents is 1. The van der Waals surface area contributed by atoms with Crippen LogP contribution in [0.15, 0.2) is 29.4 Å². The number of halogens is 3. The molecule has 0 aromatic heterocycles. The van der Waals surface area contributed by atoms with E-state index in [1.54, 1.807) is 25.1 Å². The number of hydrazone groups is 1. The molecule has 6 nitrogen and oxygen atoms in total. The monoisotopic (exact) mass is 430 g/mol. The van der Waals surface area contributed by atoms with Gasteiger partial charge in [-0.3, -0.25) is 4.79 Å². The van der Waals surface area contributed by atoms with Crippen molar-refractivity contribution in [1.82, 2.24) is 5.43 Å². The zero-order valence-corrected chi connectivity index (χ0v) is 16.8. The minimum absolute atomic E-state index is 0.0866. The summed E-state index contributed by atoms with van der Waals surface area (Å²) < 4.78 is 10.6. The van der Waals surface area contributed by atoms with Gasteiger partial charge in [0.25, 0.3) is 5.91 Å². The molecule has 0 radical (unpaired) electrons. The maximum Gasteiger partial charge on any atom is 0.277 e. The number of nitrogens with one attached hydrogen (secondary N) is 1. The Balaban J connectivity index is 2.00. The third-order valence-electron chi connectivity index (χ3n) is 3.37. The molecule has 0 aliphatic carbocycles. The Kier molecular flexibility index (Phi) is 7.59. The Labute approximate surface area is 171 Å². The second kappa shape index (κ2) is 9.69. The maximum absolute atomic E-state index is 11.8. The first-order valence-corrected chi connectivity index (χ1v) is 9.01. The number of phenols is 1. The number of hydrogen-bond acceptors (Lipinski definition) is 5. The van der Waals surface area contributed by atoms with Gasteiger partial charge < -0.3 is 14.6 Å². The van der Waals surface area contributed by atoms with Crippen molar-refractivity contribution in [2.24, 2.45) is 5.10 Å². The molecule has 0 atom stereocenters. The van der Waals surface area contributed by atoms with Gasteiger partial charge in [-0.2, -0.15) is 5.10 Å². The molecule has 0 heterocycles. The van der Waals surface area contributed by atoms with Crippen molar-refractivity contribution < 1.29 is 19.4 Å². The smallest absolute Gasteiger partial charge is 0.277 e. The van der Waals surface area contributed by atoms with Crippen LogP contribution in [0.2, 0.25) is 15.1 Å². The highest BCUT2D eigenvalue weighted by molar-refractivity contribution is 6.43. The molecule has 0 saturated carbocycles. The molecular formula is C18H17Cl3N2O4. The van der Waals surface area contributed by atoms with Gasteiger partial charge in [0.1, 0.15) is 5.75 Å². The first kappa shape index (κ1) is 21.2. The van der Waals surface area contributed by atoms with Crippen molar-refractivity contribution >= 4 is 46.9 Å². The van der Waals surface area contributed by atoms with Crippen molar-refractivity contribution in [2.75, 3.05) is 13.2 Å². The fraction of sp³-hybridized carbons (Fsp3) is 0.222. The number of ether oxygens (including phenoxy) is 2. The predicted octanol–water partition coefficient (Wildman–Crippen LogP) is 4.59. The van der Waals surface area contributed by atoms with Crippen LogP contribution in [0.4, 0.5) is 0 Å². The molecule has 2 rings (SSSR count). The second-order valence-electron chi connectivity index (χ2n) is 5.36. The van der Waals surface area contributed by atoms with Gasteiger partial charge in [-0.1, -0.05) is 34.8 Å². The lowest BCUT2D eigenvalue weighted by Gasteiger charge is -2.11. The van der Waals surface area contributed by atoms with Crippen LogP contribution >= 0.6 is 34.8 Å². The summed E-state index contributed by atoms with van der Waals surface area (Å²) in [6, 6.07) is 6.46. The Morgan fingerprint density at radius 2 is 1.96 bits per heavy atom. The fourth-order valence-electron chi connectivity index (χ4n) is 2.05. The van der Waals surface area contributed by atoms with Crippen molar-refractivity contribution in [1.29, 1.82) is 0 Å². The summed E-state index contributed by atoms with van der Waals surface area (Å²) in [5.41, 5.74) is 3.24. The first-order valence-electron chi connectivity index (χ1n) is 7.88. The number of aromatic hydroxyl groups is 1. The maximum atomic E-state index is 11.8. The number of carbonyl (C=O) groups excluding carboxylic acids is 1. The number of carbonyl (C=O) groups is 1. The van der Waals surface area contributed by atoms with E-state index in [9.17, 15) is 9.90 Å². The number of rotatable bonds is 7. The zero-order valence-electron chi connectivity index (χ0n) is 14.6. The van der Waals surface area contributed by atoms with Crippen LogP contribution in [0.25, 0.3) is 0 Å². The predicted molar refractivity (Wildman–Crippen MR) is 107 cm³/mol. The van der Waals surface area contributed by atoms with Gasteiger partial charge in [-0.15, -0.1) is 0 Å². The van der Waals surface area contributed by atoms with Crippen LogP contribution < -0.4 is 14.9 Å². The summed E-state index contributed by atoms with van der Waals surface area (Å²) in [7, 11) is 0. The molecule has 0 saturated heterocycles. The van der Waals surface area contributed by atoms with E-state index < -0.39 is 5.91 Å². The van der Waals surface area contributed by atoms with Crippen molar-refractivity contribution in [3.05, 3.63) is 50.5 Å². The quantitative estimate of drug-likeness (QED) is 0.496. The van der Waals surface area contributed by atoms with Crippen LogP contribution in [0, 0.1) is 6.92 Å². The van der Waals surface area contributed by atoms with E-state index >= 15 is 0 Å². The van der Waals surface area contributed by atoms with E-state index in [2.05, 4.69) is 10.5 Å². The van der Waals surface area contributed by atoms with Crippen molar-refractivity contribution in [3.8, 4) is 17.2 Å². The summed E-state index contributed by atoms with van der Waals surface area (Å²) in [5.74, 6) is -0.0484. The number of hydrogen-bond donors (Lipinski definition) is 2. The third kappa shape index (κ3) is 5.66. The topological polar surface area (TPSA) is 80.2 Å². The molecule has 0 aliphatic heterocycles. The molecule has 0 fully saturated rings. The number of benzene rings is 2. The van der Waals surface area contributed by atoms with Gasteiger partial charge in [-0.05, 0) is 37.6 Å². The second-order valence-corrected chi connectivity index (χ2v) is 6.55. The Morgan fingerprint density at radius 1 is 1.22 bits per heavy atom. The first-order chi connectivity index (χ1) is 12.8. The molecule has 0 bridgehead atoms. The number of nitrogens with zero attached hydrogens (tertiary/aromatic N) is 1. The third-order valence-corrected chi connectivity index (χ3v) is 4.60. The van der Waals surface area contributed by atoms with Gasteiger partial charge in [0.15, 0.2) is 18.1 Å². The highest BCUT2D eigenvalue weighted by atomic mass is 35.5. The summed E-state index contributed by atoms with van der Waals surface area (Å²) in [5, 5.41) is 14.8. The SMILES string of the molecule is CCOc1cc(Cl)c(Cl)c(/C=N\NC(=O)COc2ccc(Cl)c(C)c2)c1O. The molecule has 1 amide bonds. The average Bonchev–Trinajstić information content (AvgIpc) is 2.63. The summed E-state index contributed by atoms with van der Waals surface area (Å²) in [6.45, 7) is 3.67. The van der Waals surface area contributed by atoms with Gasteiger partial charge in [-0.25, -0.2) is 5.43 Å². The molecule has 2 aromatic rings. The zero-order chi connectivity index (χ0) is 20.0. The summed E-state index contributed by atoms with van der Waals surface area (Å²) in [4.78, 5) is 11.8. The van der Waals surface area contributed by atoms with E-state index in [1.807, 2.05) is 6.92 Å². The molecule has 144 valence electrons. The number of aryl methyl sites for hydroxylation is 1.